The number of amides is 2. The molecule has 4 atom stereocenters. The molecule has 0 bridgehead atoms. The highest BCUT2D eigenvalue weighted by Gasteiger charge is 2.68. The predicted octanol–water partition coefficient (Wildman–Crippen LogP) is 3.22. The van der Waals surface area contributed by atoms with Crippen molar-refractivity contribution in [2.45, 2.75) is 18.0 Å². The minimum Gasteiger partial charge on any atom is -0.497 e. The van der Waals surface area contributed by atoms with Gasteiger partial charge in [0.1, 0.15) is 17.0 Å². The number of anilines is 1. The van der Waals surface area contributed by atoms with Gasteiger partial charge in [0.25, 0.3) is 0 Å². The number of benzene rings is 3. The van der Waals surface area contributed by atoms with Crippen LogP contribution >= 0.6 is 0 Å². The van der Waals surface area contributed by atoms with Crippen molar-refractivity contribution in [3.63, 3.8) is 0 Å². The fourth-order valence-corrected chi connectivity index (χ4v) is 5.51. The number of carboxylic acid groups (broad SMARTS) is 1. The largest absolute Gasteiger partial charge is 0.497 e. The molecule has 3 aromatic rings. The maximum absolute atomic E-state index is 14.0. The standard InChI is InChI=1S/C28H26N2O6/c1-35-19-14-12-18(13-15-19)24-22-23(28(29-24,27(33)34)16-17-8-4-3-5-9-17)26(32)30(25(22)31)20-10-6-7-11-21(20)36-2/h3-15,22-24,29H,16H2,1-2H3,(H,33,34)/t22-,23-,24+,28+/m1/s1. The third kappa shape index (κ3) is 3.61. The van der Waals surface area contributed by atoms with Gasteiger partial charge in [0.05, 0.1) is 31.7 Å². The highest BCUT2D eigenvalue weighted by molar-refractivity contribution is 6.24. The van der Waals surface area contributed by atoms with Crippen LogP contribution in [-0.4, -0.2) is 42.6 Å². The van der Waals surface area contributed by atoms with Crippen molar-refractivity contribution in [1.29, 1.82) is 0 Å². The van der Waals surface area contributed by atoms with E-state index in [-0.39, 0.29) is 6.42 Å². The van der Waals surface area contributed by atoms with E-state index in [0.717, 1.165) is 10.5 Å². The smallest absolute Gasteiger partial charge is 0.325 e. The fraction of sp³-hybridized carbons (Fsp3) is 0.250. The maximum atomic E-state index is 14.0. The van der Waals surface area contributed by atoms with Crippen LogP contribution in [0, 0.1) is 11.8 Å². The summed E-state index contributed by atoms with van der Waals surface area (Å²) in [4.78, 5) is 42.0. The quantitative estimate of drug-likeness (QED) is 0.494. The Balaban J connectivity index is 1.66. The van der Waals surface area contributed by atoms with Gasteiger partial charge < -0.3 is 14.6 Å². The molecule has 2 amide bonds. The molecule has 184 valence electrons. The number of hydrogen-bond acceptors (Lipinski definition) is 6. The number of methoxy groups -OCH3 is 2. The highest BCUT2D eigenvalue weighted by Crippen LogP contribution is 2.51. The van der Waals surface area contributed by atoms with E-state index < -0.39 is 41.2 Å². The van der Waals surface area contributed by atoms with Crippen LogP contribution in [-0.2, 0) is 20.8 Å². The molecule has 8 nitrogen and oxygen atoms in total. The van der Waals surface area contributed by atoms with Gasteiger partial charge in [0.2, 0.25) is 11.8 Å². The van der Waals surface area contributed by atoms with Crippen LogP contribution < -0.4 is 19.7 Å². The average molecular weight is 487 g/mol. The lowest BCUT2D eigenvalue weighted by atomic mass is 9.76. The highest BCUT2D eigenvalue weighted by atomic mass is 16.5. The average Bonchev–Trinajstić information content (AvgIpc) is 3.38. The minimum absolute atomic E-state index is 0.0375. The molecule has 36 heavy (non-hydrogen) atoms. The first kappa shape index (κ1) is 23.6. The van der Waals surface area contributed by atoms with E-state index >= 15 is 0 Å². The number of rotatable bonds is 7. The summed E-state index contributed by atoms with van der Waals surface area (Å²) in [5.41, 5.74) is 0.0551. The molecular formula is C28H26N2O6. The normalized spacial score (nSPS) is 25.1. The zero-order valence-electron chi connectivity index (χ0n) is 19.9. The second-order valence-corrected chi connectivity index (χ2v) is 9.02. The molecule has 0 saturated carbocycles. The Bertz CT molecular complexity index is 1310. The van der Waals surface area contributed by atoms with Crippen molar-refractivity contribution in [3.8, 4) is 11.5 Å². The Kier molecular flexibility index (Phi) is 5.97. The first-order chi connectivity index (χ1) is 17.4. The van der Waals surface area contributed by atoms with Crippen LogP contribution in [0.5, 0.6) is 11.5 Å². The fourth-order valence-electron chi connectivity index (χ4n) is 5.51. The van der Waals surface area contributed by atoms with Crippen LogP contribution in [0.15, 0.2) is 78.9 Å². The third-order valence-corrected chi connectivity index (χ3v) is 7.16. The van der Waals surface area contributed by atoms with Gasteiger partial charge in [-0.3, -0.25) is 19.7 Å². The summed E-state index contributed by atoms with van der Waals surface area (Å²) in [6.07, 6.45) is 0.0375. The number of carbonyl (C=O) groups excluding carboxylic acids is 2. The van der Waals surface area contributed by atoms with E-state index in [1.807, 2.05) is 30.3 Å². The van der Waals surface area contributed by atoms with Gasteiger partial charge in [0.15, 0.2) is 0 Å². The number of imide groups is 1. The van der Waals surface area contributed by atoms with E-state index in [1.165, 1.54) is 7.11 Å². The van der Waals surface area contributed by atoms with Gasteiger partial charge >= 0.3 is 5.97 Å². The van der Waals surface area contributed by atoms with Gasteiger partial charge in [0, 0.05) is 12.5 Å². The lowest BCUT2D eigenvalue weighted by Crippen LogP contribution is -2.57. The Labute approximate surface area is 208 Å². The summed E-state index contributed by atoms with van der Waals surface area (Å²) in [6, 6.07) is 22.3. The summed E-state index contributed by atoms with van der Waals surface area (Å²) in [5.74, 6) is -3.25. The molecule has 3 aromatic carbocycles. The molecule has 8 heteroatoms. The van der Waals surface area contributed by atoms with Crippen LogP contribution in [0.3, 0.4) is 0 Å². The van der Waals surface area contributed by atoms with Crippen LogP contribution in [0.1, 0.15) is 17.2 Å². The number of para-hydroxylation sites is 2. The van der Waals surface area contributed by atoms with Gasteiger partial charge in [-0.2, -0.15) is 0 Å². The number of aliphatic carboxylic acids is 1. The molecule has 2 heterocycles. The number of fused-ring (bicyclic) bond motifs is 1. The number of carboxylic acids is 1. The summed E-state index contributed by atoms with van der Waals surface area (Å²) in [7, 11) is 3.02. The summed E-state index contributed by atoms with van der Waals surface area (Å²) >= 11 is 0. The third-order valence-electron chi connectivity index (χ3n) is 7.16. The summed E-state index contributed by atoms with van der Waals surface area (Å²) in [6.45, 7) is 0. The van der Waals surface area contributed by atoms with Gasteiger partial charge in [-0.25, -0.2) is 4.90 Å². The van der Waals surface area contributed by atoms with Crippen molar-refractivity contribution in [3.05, 3.63) is 90.0 Å². The summed E-state index contributed by atoms with van der Waals surface area (Å²) in [5, 5.41) is 13.8. The molecule has 2 aliphatic heterocycles. The maximum Gasteiger partial charge on any atom is 0.325 e. The van der Waals surface area contributed by atoms with Crippen molar-refractivity contribution >= 4 is 23.5 Å². The molecule has 5 rings (SSSR count). The summed E-state index contributed by atoms with van der Waals surface area (Å²) < 4.78 is 10.7. The van der Waals surface area contributed by atoms with Crippen LogP contribution in [0.2, 0.25) is 0 Å². The van der Waals surface area contributed by atoms with Gasteiger partial charge in [-0.1, -0.05) is 54.6 Å². The lowest BCUT2D eigenvalue weighted by Gasteiger charge is -2.31. The Morgan fingerprint density at radius 3 is 2.22 bits per heavy atom. The number of nitrogens with zero attached hydrogens (tertiary/aromatic N) is 1. The molecule has 2 N–H and O–H groups in total. The second-order valence-electron chi connectivity index (χ2n) is 9.02. The van der Waals surface area contributed by atoms with E-state index in [2.05, 4.69) is 5.32 Å². The van der Waals surface area contributed by atoms with E-state index in [0.29, 0.717) is 22.7 Å². The Hall–Kier alpha value is -4.17. The Morgan fingerprint density at radius 1 is 0.917 bits per heavy atom. The van der Waals surface area contributed by atoms with Gasteiger partial charge in [-0.05, 0) is 35.4 Å². The molecule has 2 fully saturated rings. The molecule has 2 aliphatic rings. The first-order valence-electron chi connectivity index (χ1n) is 11.6. The molecule has 0 spiro atoms. The van der Waals surface area contributed by atoms with E-state index in [9.17, 15) is 19.5 Å². The SMILES string of the molecule is COc1ccc([C@@H]2N[C@](Cc3ccccc3)(C(=O)O)[C@H]3C(=O)N(c4ccccc4OC)C(=O)[C@@H]23)cc1. The van der Waals surface area contributed by atoms with Crippen molar-refractivity contribution < 1.29 is 29.0 Å². The Morgan fingerprint density at radius 2 is 1.58 bits per heavy atom. The van der Waals surface area contributed by atoms with Crippen LogP contribution in [0.4, 0.5) is 5.69 Å². The van der Waals surface area contributed by atoms with Crippen molar-refractivity contribution in [2.75, 3.05) is 19.1 Å². The van der Waals surface area contributed by atoms with E-state index in [4.69, 9.17) is 9.47 Å². The predicted molar refractivity (Wildman–Crippen MR) is 132 cm³/mol. The number of ether oxygens (including phenoxy) is 2. The molecule has 0 unspecified atom stereocenters. The van der Waals surface area contributed by atoms with Crippen LogP contribution in [0.25, 0.3) is 0 Å². The van der Waals surface area contributed by atoms with Crippen molar-refractivity contribution in [2.24, 2.45) is 11.8 Å². The topological polar surface area (TPSA) is 105 Å². The minimum atomic E-state index is -1.69. The number of carbonyl (C=O) groups is 3. The number of hydrogen-bond donors (Lipinski definition) is 2. The molecule has 0 aromatic heterocycles. The monoisotopic (exact) mass is 486 g/mol. The molecule has 0 aliphatic carbocycles. The molecule has 0 radical (unpaired) electrons. The van der Waals surface area contributed by atoms with Gasteiger partial charge in [-0.15, -0.1) is 0 Å². The molecule has 2 saturated heterocycles. The zero-order valence-corrected chi connectivity index (χ0v) is 19.9. The molecular weight excluding hydrogens is 460 g/mol. The lowest BCUT2D eigenvalue weighted by molar-refractivity contribution is -0.148. The zero-order chi connectivity index (χ0) is 25.4. The van der Waals surface area contributed by atoms with Crippen molar-refractivity contribution in [1.82, 2.24) is 5.32 Å². The van der Waals surface area contributed by atoms with E-state index in [1.54, 1.807) is 55.6 Å². The second kappa shape index (κ2) is 9.13. The first-order valence-corrected chi connectivity index (χ1v) is 11.6. The number of nitrogens with one attached hydrogen (secondary N) is 1.